The first-order valence-corrected chi connectivity index (χ1v) is 13.3. The van der Waals surface area contributed by atoms with Crippen LogP contribution in [-0.2, 0) is 9.53 Å². The van der Waals surface area contributed by atoms with Crippen LogP contribution in [0.4, 0.5) is 9.52 Å². The summed E-state index contributed by atoms with van der Waals surface area (Å²) >= 11 is 3.16. The maximum atomic E-state index is 14.2. The van der Waals surface area contributed by atoms with Crippen molar-refractivity contribution in [3.05, 3.63) is 53.8 Å². The van der Waals surface area contributed by atoms with E-state index in [1.807, 2.05) is 6.07 Å². The summed E-state index contributed by atoms with van der Waals surface area (Å²) in [4.78, 5) is 23.0. The molecule has 2 aromatic carbocycles. The van der Waals surface area contributed by atoms with Crippen LogP contribution in [0.5, 0.6) is 0 Å². The molecule has 4 rings (SSSR count). The normalized spacial score (nSPS) is 14.6. The Morgan fingerprint density at radius 2 is 1.97 bits per heavy atom. The van der Waals surface area contributed by atoms with Crippen LogP contribution in [-0.4, -0.2) is 60.9 Å². The van der Waals surface area contributed by atoms with Gasteiger partial charge in [0.25, 0.3) is 0 Å². The van der Waals surface area contributed by atoms with Gasteiger partial charge in [0.15, 0.2) is 5.13 Å². The molecule has 0 bridgehead atoms. The van der Waals surface area contributed by atoms with E-state index >= 15 is 0 Å². The fourth-order valence-electron chi connectivity index (χ4n) is 3.81. The Labute approximate surface area is 202 Å². The zero-order valence-electron chi connectivity index (χ0n) is 19.0. The Morgan fingerprint density at radius 3 is 2.73 bits per heavy atom. The summed E-state index contributed by atoms with van der Waals surface area (Å²) in [6.45, 7) is 6.96. The van der Waals surface area contributed by atoms with E-state index in [1.165, 1.54) is 27.9 Å². The Hall–Kier alpha value is -2.00. The van der Waals surface area contributed by atoms with Crippen LogP contribution >= 0.6 is 23.1 Å². The predicted octanol–water partition coefficient (Wildman–Crippen LogP) is 5.37. The summed E-state index contributed by atoms with van der Waals surface area (Å²) in [5.41, 5.74) is 1.59. The Morgan fingerprint density at radius 1 is 1.18 bits per heavy atom. The van der Waals surface area contributed by atoms with E-state index in [9.17, 15) is 9.18 Å². The molecule has 3 aromatic rings. The van der Waals surface area contributed by atoms with Crippen LogP contribution in [0.25, 0.3) is 10.2 Å². The van der Waals surface area contributed by atoms with Gasteiger partial charge in [0.05, 0.1) is 17.9 Å². The van der Waals surface area contributed by atoms with Gasteiger partial charge in [-0.1, -0.05) is 35.1 Å². The molecule has 0 spiro atoms. The number of hydrogen-bond acceptors (Lipinski definition) is 6. The molecular formula is C25H30FN3O2S2. The van der Waals surface area contributed by atoms with Crippen LogP contribution in [0.1, 0.15) is 24.8 Å². The molecule has 1 amide bonds. The number of nitrogens with zero attached hydrogens (tertiary/aromatic N) is 3. The van der Waals surface area contributed by atoms with Crippen LogP contribution < -0.4 is 4.90 Å². The van der Waals surface area contributed by atoms with Crippen molar-refractivity contribution in [2.45, 2.75) is 31.1 Å². The van der Waals surface area contributed by atoms with Crippen molar-refractivity contribution in [3.63, 3.8) is 0 Å². The molecular weight excluding hydrogens is 457 g/mol. The largest absolute Gasteiger partial charge is 0.379 e. The number of aromatic nitrogens is 1. The van der Waals surface area contributed by atoms with Crippen LogP contribution in [0.3, 0.4) is 0 Å². The quantitative estimate of drug-likeness (QED) is 0.284. The number of thioether (sulfide) groups is 1. The topological polar surface area (TPSA) is 45.7 Å². The first-order valence-electron chi connectivity index (χ1n) is 11.4. The number of amides is 1. The zero-order valence-corrected chi connectivity index (χ0v) is 20.6. The molecule has 0 saturated carbocycles. The van der Waals surface area contributed by atoms with Gasteiger partial charge >= 0.3 is 0 Å². The van der Waals surface area contributed by atoms with Gasteiger partial charge in [0, 0.05) is 37.5 Å². The number of aryl methyl sites for hydroxylation is 1. The number of halogens is 1. The number of benzene rings is 2. The molecule has 2 heterocycles. The lowest BCUT2D eigenvalue weighted by molar-refractivity contribution is -0.118. The van der Waals surface area contributed by atoms with E-state index in [1.54, 1.807) is 22.7 Å². The monoisotopic (exact) mass is 487 g/mol. The van der Waals surface area contributed by atoms with Crippen molar-refractivity contribution in [2.24, 2.45) is 0 Å². The van der Waals surface area contributed by atoms with Crippen LogP contribution in [0.15, 0.2) is 47.4 Å². The van der Waals surface area contributed by atoms with Crippen molar-refractivity contribution in [1.29, 1.82) is 0 Å². The number of ether oxygens (including phenoxy) is 1. The Balaban J connectivity index is 1.37. The van der Waals surface area contributed by atoms with Crippen LogP contribution in [0, 0.1) is 12.7 Å². The van der Waals surface area contributed by atoms with E-state index in [0.717, 1.165) is 56.1 Å². The highest BCUT2D eigenvalue weighted by Gasteiger charge is 2.21. The third kappa shape index (κ3) is 6.76. The summed E-state index contributed by atoms with van der Waals surface area (Å²) in [6, 6.07) is 13.4. The molecule has 5 nitrogen and oxygen atoms in total. The van der Waals surface area contributed by atoms with Gasteiger partial charge in [-0.3, -0.25) is 14.6 Å². The SMILES string of the molecule is Cc1ccc(SCCCC(=O)N(CCCN2CCOCC2)c2nc3c(F)cccc3s2)cc1. The molecule has 8 heteroatoms. The molecule has 0 N–H and O–H groups in total. The second kappa shape index (κ2) is 11.9. The van der Waals surface area contributed by atoms with Gasteiger partial charge in [-0.2, -0.15) is 0 Å². The smallest absolute Gasteiger partial charge is 0.228 e. The van der Waals surface area contributed by atoms with Gasteiger partial charge in [0.1, 0.15) is 11.3 Å². The molecule has 0 aliphatic carbocycles. The minimum atomic E-state index is -0.342. The molecule has 0 radical (unpaired) electrons. The second-order valence-corrected chi connectivity index (χ2v) is 10.4. The Bertz CT molecular complexity index is 1050. The number of anilines is 1. The first-order chi connectivity index (χ1) is 16.1. The summed E-state index contributed by atoms with van der Waals surface area (Å²) in [5, 5.41) is 0.591. The maximum absolute atomic E-state index is 14.2. The lowest BCUT2D eigenvalue weighted by Gasteiger charge is -2.27. The number of carbonyl (C=O) groups excluding carboxylic acids is 1. The lowest BCUT2D eigenvalue weighted by Crippen LogP contribution is -2.39. The molecule has 33 heavy (non-hydrogen) atoms. The molecule has 1 aliphatic heterocycles. The van der Waals surface area contributed by atoms with Gasteiger partial charge in [-0.05, 0) is 49.8 Å². The summed E-state index contributed by atoms with van der Waals surface area (Å²) in [5.74, 6) is 0.594. The number of hydrogen-bond donors (Lipinski definition) is 0. The molecule has 1 aliphatic rings. The average molecular weight is 488 g/mol. The molecule has 0 atom stereocenters. The summed E-state index contributed by atoms with van der Waals surface area (Å²) in [6.07, 6.45) is 2.09. The lowest BCUT2D eigenvalue weighted by atomic mass is 10.2. The third-order valence-corrected chi connectivity index (χ3v) is 7.82. The fraction of sp³-hybridized carbons (Fsp3) is 0.440. The Kier molecular flexibility index (Phi) is 8.72. The highest BCUT2D eigenvalue weighted by atomic mass is 32.2. The number of carbonyl (C=O) groups is 1. The summed E-state index contributed by atoms with van der Waals surface area (Å²) in [7, 11) is 0. The predicted molar refractivity (Wildman–Crippen MR) is 135 cm³/mol. The van der Waals surface area contributed by atoms with E-state index in [2.05, 4.69) is 41.1 Å². The standard InChI is InChI=1S/C25H30FN3O2S2/c1-19-8-10-20(11-9-19)32-18-3-7-23(30)29(13-4-12-28-14-16-31-17-15-28)25-27-24-21(26)5-2-6-22(24)33-25/h2,5-6,8-11H,3-4,7,12-18H2,1H3. The van der Waals surface area contributed by atoms with E-state index in [-0.39, 0.29) is 11.7 Å². The molecule has 1 aromatic heterocycles. The molecule has 1 saturated heterocycles. The molecule has 1 fully saturated rings. The number of fused-ring (bicyclic) bond motifs is 1. The van der Waals surface area contributed by atoms with Gasteiger partial charge in [-0.25, -0.2) is 9.37 Å². The highest BCUT2D eigenvalue weighted by Crippen LogP contribution is 2.31. The average Bonchev–Trinajstić information content (AvgIpc) is 3.26. The number of morpholine rings is 1. The second-order valence-electron chi connectivity index (χ2n) is 8.20. The summed E-state index contributed by atoms with van der Waals surface area (Å²) < 4.78 is 20.4. The van der Waals surface area contributed by atoms with Crippen molar-refractivity contribution in [3.8, 4) is 0 Å². The number of thiazole rings is 1. The maximum Gasteiger partial charge on any atom is 0.228 e. The number of para-hydroxylation sites is 1. The van der Waals surface area contributed by atoms with Gasteiger partial charge in [0.2, 0.25) is 5.91 Å². The van der Waals surface area contributed by atoms with Gasteiger partial charge in [-0.15, -0.1) is 11.8 Å². The highest BCUT2D eigenvalue weighted by molar-refractivity contribution is 7.99. The van der Waals surface area contributed by atoms with E-state index < -0.39 is 0 Å². The van der Waals surface area contributed by atoms with Crippen LogP contribution in [0.2, 0.25) is 0 Å². The van der Waals surface area contributed by atoms with Crippen molar-refractivity contribution >= 4 is 44.4 Å². The van der Waals surface area contributed by atoms with E-state index in [0.29, 0.717) is 23.6 Å². The molecule has 176 valence electrons. The van der Waals surface area contributed by atoms with Crippen molar-refractivity contribution in [2.75, 3.05) is 50.0 Å². The van der Waals surface area contributed by atoms with E-state index in [4.69, 9.17) is 4.74 Å². The fourth-order valence-corrected chi connectivity index (χ4v) is 5.68. The minimum Gasteiger partial charge on any atom is -0.379 e. The molecule has 0 unspecified atom stereocenters. The first kappa shape index (κ1) is 24.1. The van der Waals surface area contributed by atoms with Crippen molar-refractivity contribution < 1.29 is 13.9 Å². The number of rotatable bonds is 10. The zero-order chi connectivity index (χ0) is 23.0. The van der Waals surface area contributed by atoms with Crippen molar-refractivity contribution in [1.82, 2.24) is 9.88 Å². The van der Waals surface area contributed by atoms with Gasteiger partial charge < -0.3 is 4.74 Å². The third-order valence-electron chi connectivity index (χ3n) is 5.67. The minimum absolute atomic E-state index is 0.0564.